The molecule has 6 aliphatic carbocycles. The van der Waals surface area contributed by atoms with Crippen molar-refractivity contribution < 1.29 is 0 Å². The van der Waals surface area contributed by atoms with Gasteiger partial charge in [0.25, 0.3) is 6.71 Å². The lowest BCUT2D eigenvalue weighted by atomic mass is 9.33. The van der Waals surface area contributed by atoms with Crippen molar-refractivity contribution in [3.8, 4) is 50.2 Å². The lowest BCUT2D eigenvalue weighted by Crippen LogP contribution is -2.61. The Morgan fingerprint density at radius 3 is 1.36 bits per heavy atom. The molecule has 0 radical (unpaired) electrons. The molecule has 8 aliphatic rings. The summed E-state index contributed by atoms with van der Waals surface area (Å²) in [5, 5.41) is 2.51. The summed E-state index contributed by atoms with van der Waals surface area (Å²) in [6.45, 7) is 21.6. The number of hydrogen-bond acceptors (Lipinski definition) is 2. The van der Waals surface area contributed by atoms with Crippen LogP contribution in [-0.2, 0) is 5.41 Å². The molecular weight excluding hydrogens is 1330 g/mol. The van der Waals surface area contributed by atoms with E-state index in [1.54, 1.807) is 5.57 Å². The summed E-state index contributed by atoms with van der Waals surface area (Å²) in [4.78, 5) is 5.64. The third-order valence-corrected chi connectivity index (χ3v) is 26.6. The highest BCUT2D eigenvalue weighted by atomic mass is 15.2. The number of aromatic nitrogens is 1. The third-order valence-electron chi connectivity index (χ3n) is 26.6. The number of anilines is 6. The van der Waals surface area contributed by atoms with Crippen molar-refractivity contribution >= 4 is 84.6 Å². The maximum absolute atomic E-state index is 2.82. The molecule has 0 amide bonds. The van der Waals surface area contributed by atoms with Crippen LogP contribution in [0.25, 0.3) is 77.6 Å². The van der Waals surface area contributed by atoms with Gasteiger partial charge < -0.3 is 14.4 Å². The van der Waals surface area contributed by atoms with Crippen LogP contribution < -0.4 is 26.2 Å². The number of fused-ring (bicyclic) bond motifs is 7. The van der Waals surface area contributed by atoms with Crippen molar-refractivity contribution in [2.24, 2.45) is 28.6 Å². The van der Waals surface area contributed by atoms with E-state index in [0.717, 1.165) is 12.1 Å². The fraction of sp³-hybridized carbons (Fsp3) is 0.264. The first-order valence-electron chi connectivity index (χ1n) is 41.4. The average molecular weight is 1430 g/mol. The van der Waals surface area contributed by atoms with Crippen molar-refractivity contribution in [3.63, 3.8) is 0 Å². The van der Waals surface area contributed by atoms with Crippen LogP contribution in [0.4, 0.5) is 34.1 Å². The number of benzene rings is 11. The van der Waals surface area contributed by atoms with Crippen LogP contribution in [0.15, 0.2) is 307 Å². The number of hydrogen-bond donors (Lipinski definition) is 0. The Hall–Kier alpha value is -10.7. The van der Waals surface area contributed by atoms with E-state index in [4.69, 9.17) is 0 Å². The fourth-order valence-corrected chi connectivity index (χ4v) is 20.9. The second-order valence-electron chi connectivity index (χ2n) is 36.4. The maximum Gasteiger partial charge on any atom is 0.252 e. The predicted molar refractivity (Wildman–Crippen MR) is 469 cm³/mol. The van der Waals surface area contributed by atoms with Crippen LogP contribution in [0.2, 0.25) is 0 Å². The quantitative estimate of drug-likeness (QED) is 0.126. The summed E-state index contributed by atoms with van der Waals surface area (Å²) in [7, 11) is 0. The topological polar surface area (TPSA) is 11.4 Å². The molecule has 0 bridgehead atoms. The van der Waals surface area contributed by atoms with Crippen molar-refractivity contribution in [2.45, 2.75) is 150 Å². The molecule has 12 aromatic rings. The van der Waals surface area contributed by atoms with E-state index in [0.29, 0.717) is 23.7 Å². The van der Waals surface area contributed by atoms with E-state index < -0.39 is 0 Å². The van der Waals surface area contributed by atoms with E-state index >= 15 is 0 Å². The van der Waals surface area contributed by atoms with Gasteiger partial charge in [-0.05, 0) is 222 Å². The molecule has 0 saturated heterocycles. The minimum absolute atomic E-state index is 0.0374. The second-order valence-corrected chi connectivity index (χ2v) is 36.4. The highest BCUT2D eigenvalue weighted by molar-refractivity contribution is 7.00. The summed E-state index contributed by atoms with van der Waals surface area (Å²) in [6.07, 6.45) is 29.2. The zero-order valence-electron chi connectivity index (χ0n) is 65.6. The number of nitrogens with zero attached hydrogens (tertiary/aromatic N) is 3. The molecule has 20 rings (SSSR count). The summed E-state index contributed by atoms with van der Waals surface area (Å²) < 4.78 is 2.56. The van der Waals surface area contributed by atoms with Crippen LogP contribution >= 0.6 is 0 Å². The molecular formula is C106H100BN3. The normalized spacial score (nSPS) is 19.0. The van der Waals surface area contributed by atoms with E-state index in [1.165, 1.54) is 231 Å². The standard InChI is InChI=1S/C106H100BN3/c1-104(2,3)79-54-74-48-49-75-55-80(105(4,5)6)63-90-85(61-78(56-79)99(74)100(75)90)73-50-53-95-92(62-73)107-91-52-51-82(108-93-46-30-28-44-83(93)84-45-29-31-47-94(84)108)66-96(91)110(103-88(71-40-24-14-25-41-71)59-77(68-34-18-11-19-35-68)60-89(103)72-42-26-15-27-43-72)98-65-81(106(7,8)9)64-97(101(98)107)109(95)102-86(69-36-20-12-21-37-69)57-76(67-32-16-10-17-33-67)58-87(102)70-38-22-13-23-39-70/h12-15,20-31,36-53,55-68,74,99-100H,10-11,16-19,32-35,54H2,1-9H3. The highest BCUT2D eigenvalue weighted by Gasteiger charge is 2.49. The molecule has 3 unspecified atom stereocenters. The van der Waals surface area contributed by atoms with Gasteiger partial charge in [0.15, 0.2) is 0 Å². The SMILES string of the molecule is CC(C)(C)C1=CC2=C(c3ccc4c(c3)B3c5ccc(-n6c7ccccc7c7ccccc76)cc5N(c5c(-c6ccccc6)cc(C6CCCCC6)cc5-c5ccccc5)c5cc(C(C)(C)C)cc(c53)N4c3c(-c4ccccc4)cc(C4CCCCC4)cc3-c3ccccc3)C=C3C=C(C(C)(C)C)CC4C=CC(=C1)C2C34. The molecule has 4 heteroatoms. The molecule has 11 aromatic carbocycles. The Labute approximate surface area is 652 Å². The van der Waals surface area contributed by atoms with Crippen LogP contribution in [0.1, 0.15) is 167 Å². The van der Waals surface area contributed by atoms with Crippen molar-refractivity contribution in [3.05, 3.63) is 329 Å². The molecule has 110 heavy (non-hydrogen) atoms. The van der Waals surface area contributed by atoms with Crippen LogP contribution in [0, 0.1) is 28.6 Å². The number of allylic oxidation sites excluding steroid dienone is 12. The Bertz CT molecular complexity index is 5720. The first kappa shape index (κ1) is 68.6. The van der Waals surface area contributed by atoms with Gasteiger partial charge >= 0.3 is 0 Å². The van der Waals surface area contributed by atoms with Crippen molar-refractivity contribution in [1.29, 1.82) is 0 Å². The number of para-hydroxylation sites is 2. The Kier molecular flexibility index (Phi) is 16.5. The molecule has 3 heterocycles. The van der Waals surface area contributed by atoms with Gasteiger partial charge in [-0.2, -0.15) is 0 Å². The van der Waals surface area contributed by atoms with Gasteiger partial charge in [0.2, 0.25) is 0 Å². The molecule has 1 aromatic heterocycles. The van der Waals surface area contributed by atoms with Crippen LogP contribution in [0.3, 0.4) is 0 Å². The summed E-state index contributed by atoms with van der Waals surface area (Å²) in [5.41, 5.74) is 38.5. The van der Waals surface area contributed by atoms with Gasteiger partial charge in [-0.3, -0.25) is 0 Å². The van der Waals surface area contributed by atoms with Crippen LogP contribution in [0.5, 0.6) is 0 Å². The lowest BCUT2D eigenvalue weighted by Gasteiger charge is -2.48. The van der Waals surface area contributed by atoms with Gasteiger partial charge in [-0.25, -0.2) is 0 Å². The zero-order chi connectivity index (χ0) is 74.5. The Balaban J connectivity index is 0.954. The molecule has 2 aliphatic heterocycles. The zero-order valence-corrected chi connectivity index (χ0v) is 65.6. The van der Waals surface area contributed by atoms with Gasteiger partial charge in [0.05, 0.1) is 22.4 Å². The van der Waals surface area contributed by atoms with Gasteiger partial charge in [-0.1, -0.05) is 319 Å². The molecule has 0 N–H and O–H groups in total. The van der Waals surface area contributed by atoms with Crippen molar-refractivity contribution in [1.82, 2.24) is 4.57 Å². The summed E-state index contributed by atoms with van der Waals surface area (Å²) in [5.74, 6) is 1.97. The van der Waals surface area contributed by atoms with Gasteiger partial charge in [0, 0.05) is 73.3 Å². The fourth-order valence-electron chi connectivity index (χ4n) is 20.9. The Morgan fingerprint density at radius 1 is 0.382 bits per heavy atom. The molecule has 3 nitrogen and oxygen atoms in total. The van der Waals surface area contributed by atoms with Gasteiger partial charge in [-0.15, -0.1) is 0 Å². The molecule has 542 valence electrons. The van der Waals surface area contributed by atoms with Crippen molar-refractivity contribution in [2.75, 3.05) is 9.80 Å². The predicted octanol–water partition coefficient (Wildman–Crippen LogP) is 27.3. The minimum atomic E-state index is -0.293. The maximum atomic E-state index is 2.82. The van der Waals surface area contributed by atoms with E-state index in [1.807, 2.05) is 0 Å². The minimum Gasteiger partial charge on any atom is -0.310 e. The smallest absolute Gasteiger partial charge is 0.252 e. The largest absolute Gasteiger partial charge is 0.310 e. The monoisotopic (exact) mass is 1430 g/mol. The molecule has 3 atom stereocenters. The molecule has 2 fully saturated rings. The molecule has 0 spiro atoms. The average Bonchev–Trinajstić information content (AvgIpc) is 0.702. The highest BCUT2D eigenvalue weighted by Crippen LogP contribution is 2.60. The third kappa shape index (κ3) is 11.5. The van der Waals surface area contributed by atoms with Crippen LogP contribution in [-0.4, -0.2) is 11.3 Å². The first-order chi connectivity index (χ1) is 53.5. The Morgan fingerprint density at radius 2 is 0.873 bits per heavy atom. The number of rotatable bonds is 10. The van der Waals surface area contributed by atoms with Gasteiger partial charge in [0.1, 0.15) is 0 Å². The van der Waals surface area contributed by atoms with E-state index in [-0.39, 0.29) is 28.9 Å². The first-order valence-corrected chi connectivity index (χ1v) is 41.4. The summed E-state index contributed by atoms with van der Waals surface area (Å²) >= 11 is 0. The van der Waals surface area contributed by atoms with E-state index in [2.05, 4.69) is 356 Å². The lowest BCUT2D eigenvalue weighted by molar-refractivity contribution is 0.328. The summed E-state index contributed by atoms with van der Waals surface area (Å²) in [6, 6.07) is 95.6. The second kappa shape index (κ2) is 26.5. The molecule has 2 saturated carbocycles. The van der Waals surface area contributed by atoms with E-state index in [9.17, 15) is 0 Å².